The number of carbonyl (C=O) groups excluding carboxylic acids is 2. The second-order valence-corrected chi connectivity index (χ2v) is 18.1. The van der Waals surface area contributed by atoms with Crippen LogP contribution >= 0.6 is 7.82 Å². The van der Waals surface area contributed by atoms with E-state index in [-0.39, 0.29) is 19.4 Å². The molecule has 0 aromatic carbocycles. The molecule has 0 aliphatic carbocycles. The Morgan fingerprint density at radius 3 is 1.24 bits per heavy atom. The van der Waals surface area contributed by atoms with E-state index in [2.05, 4.69) is 30.5 Å². The van der Waals surface area contributed by atoms with Crippen LogP contribution < -0.4 is 5.73 Å². The summed E-state index contributed by atoms with van der Waals surface area (Å²) in [5.41, 5.74) is 5.34. The minimum absolute atomic E-state index is 0.156. The SMILES string of the molecule is CCCCCCCCC/C=C\CCCCCCCC(=O)O[C@H](COC(=O)CCCCCCCCCCCCCCCCCCCCC)COP(=O)(O)OC[C@H](N)C(=O)O. The standard InChI is InChI=1S/C47H90NO10P/c1-3-5-7-9-11-13-15-17-19-21-22-23-25-26-28-30-32-34-36-38-45(49)55-40-43(41-56-59(53,54)57-42-44(48)47(51)52)58-46(50)39-37-35-33-31-29-27-24-20-18-16-14-12-10-8-6-4-2/h20,24,43-44H,3-19,21-23,25-42,48H2,1-2H3,(H,51,52)(H,53,54)/b24-20-/t43-,44+/m1/s1. The average Bonchev–Trinajstić information content (AvgIpc) is 3.21. The predicted molar refractivity (Wildman–Crippen MR) is 240 cm³/mol. The van der Waals surface area contributed by atoms with Gasteiger partial charge in [-0.2, -0.15) is 0 Å². The van der Waals surface area contributed by atoms with Gasteiger partial charge in [-0.25, -0.2) is 4.57 Å². The van der Waals surface area contributed by atoms with Crippen molar-refractivity contribution in [3.05, 3.63) is 12.2 Å². The Labute approximate surface area is 360 Å². The van der Waals surface area contributed by atoms with Crippen LogP contribution in [0.25, 0.3) is 0 Å². The number of nitrogens with two attached hydrogens (primary N) is 1. The lowest BCUT2D eigenvalue weighted by atomic mass is 10.0. The Morgan fingerprint density at radius 1 is 0.508 bits per heavy atom. The van der Waals surface area contributed by atoms with Crippen LogP contribution in [0.3, 0.4) is 0 Å². The molecule has 0 saturated carbocycles. The molecule has 12 heteroatoms. The first kappa shape index (κ1) is 57.2. The van der Waals surface area contributed by atoms with Crippen LogP contribution in [0.1, 0.15) is 239 Å². The Bertz CT molecular complexity index is 1060. The molecule has 1 unspecified atom stereocenters. The van der Waals surface area contributed by atoms with E-state index in [0.29, 0.717) is 12.8 Å². The number of hydrogen-bond donors (Lipinski definition) is 3. The number of phosphoric acid groups is 1. The molecular weight excluding hydrogens is 769 g/mol. The van der Waals surface area contributed by atoms with Crippen LogP contribution in [0, 0.1) is 0 Å². The first-order valence-electron chi connectivity index (χ1n) is 24.2. The molecule has 0 aliphatic rings. The normalized spacial score (nSPS) is 13.7. The van der Waals surface area contributed by atoms with E-state index >= 15 is 0 Å². The fourth-order valence-electron chi connectivity index (χ4n) is 6.94. The monoisotopic (exact) mass is 860 g/mol. The van der Waals surface area contributed by atoms with Crippen LogP contribution in [-0.2, 0) is 37.5 Å². The first-order chi connectivity index (χ1) is 28.6. The number of rotatable bonds is 46. The maximum atomic E-state index is 12.6. The molecule has 0 heterocycles. The third-order valence-corrected chi connectivity index (χ3v) is 11.7. The third kappa shape index (κ3) is 42.7. The summed E-state index contributed by atoms with van der Waals surface area (Å²) in [6.45, 7) is 2.83. The van der Waals surface area contributed by atoms with Gasteiger partial charge >= 0.3 is 25.7 Å². The highest BCUT2D eigenvalue weighted by Crippen LogP contribution is 2.43. The van der Waals surface area contributed by atoms with Crippen molar-refractivity contribution in [2.24, 2.45) is 5.73 Å². The van der Waals surface area contributed by atoms with Gasteiger partial charge in [0.25, 0.3) is 0 Å². The molecule has 0 amide bonds. The van der Waals surface area contributed by atoms with Crippen molar-refractivity contribution < 1.29 is 47.5 Å². The molecule has 0 aromatic heterocycles. The summed E-state index contributed by atoms with van der Waals surface area (Å²) < 4.78 is 32.8. The van der Waals surface area contributed by atoms with Gasteiger partial charge in [0.15, 0.2) is 6.10 Å². The van der Waals surface area contributed by atoms with Gasteiger partial charge < -0.3 is 25.2 Å². The molecule has 0 rings (SSSR count). The molecule has 0 radical (unpaired) electrons. The summed E-state index contributed by atoms with van der Waals surface area (Å²) in [6.07, 6.45) is 44.1. The van der Waals surface area contributed by atoms with Crippen molar-refractivity contribution >= 4 is 25.7 Å². The number of aliphatic carboxylic acids is 1. The molecule has 11 nitrogen and oxygen atoms in total. The fourth-order valence-corrected chi connectivity index (χ4v) is 7.72. The van der Waals surface area contributed by atoms with Crippen molar-refractivity contribution in [2.75, 3.05) is 19.8 Å². The van der Waals surface area contributed by atoms with E-state index in [1.54, 1.807) is 0 Å². The number of carboxylic acids is 1. The van der Waals surface area contributed by atoms with E-state index in [1.165, 1.54) is 141 Å². The van der Waals surface area contributed by atoms with Crippen LogP contribution in [0.5, 0.6) is 0 Å². The number of esters is 2. The highest BCUT2D eigenvalue weighted by atomic mass is 31.2. The smallest absolute Gasteiger partial charge is 0.472 e. The lowest BCUT2D eigenvalue weighted by molar-refractivity contribution is -0.161. The van der Waals surface area contributed by atoms with E-state index in [4.69, 9.17) is 24.8 Å². The number of carboxylic acid groups (broad SMARTS) is 1. The summed E-state index contributed by atoms with van der Waals surface area (Å²) in [6, 6.07) is -1.52. The second-order valence-electron chi connectivity index (χ2n) is 16.6. The van der Waals surface area contributed by atoms with Gasteiger partial charge in [0.2, 0.25) is 0 Å². The number of carbonyl (C=O) groups is 3. The molecule has 348 valence electrons. The molecule has 0 bridgehead atoms. The maximum absolute atomic E-state index is 12.6. The minimum Gasteiger partial charge on any atom is -0.480 e. The zero-order valence-electron chi connectivity index (χ0n) is 37.9. The highest BCUT2D eigenvalue weighted by Gasteiger charge is 2.28. The Balaban J connectivity index is 4.26. The molecule has 0 fully saturated rings. The summed E-state index contributed by atoms with van der Waals surface area (Å²) in [5.74, 6) is -2.37. The Kier molecular flexibility index (Phi) is 41.6. The lowest BCUT2D eigenvalue weighted by Crippen LogP contribution is -2.34. The number of ether oxygens (including phenoxy) is 2. The molecule has 0 aromatic rings. The summed E-state index contributed by atoms with van der Waals surface area (Å²) >= 11 is 0. The summed E-state index contributed by atoms with van der Waals surface area (Å²) in [4.78, 5) is 46.1. The zero-order valence-corrected chi connectivity index (χ0v) is 38.8. The van der Waals surface area contributed by atoms with Crippen molar-refractivity contribution in [1.82, 2.24) is 0 Å². The number of allylic oxidation sites excluding steroid dienone is 2. The van der Waals surface area contributed by atoms with Gasteiger partial charge in [-0.1, -0.05) is 199 Å². The largest absolute Gasteiger partial charge is 0.480 e. The molecule has 59 heavy (non-hydrogen) atoms. The number of unbranched alkanes of at least 4 members (excludes halogenated alkanes) is 30. The Hall–Kier alpha value is -1.78. The van der Waals surface area contributed by atoms with Crippen LogP contribution in [0.2, 0.25) is 0 Å². The molecule has 0 aliphatic heterocycles. The van der Waals surface area contributed by atoms with Gasteiger partial charge in [-0.05, 0) is 38.5 Å². The molecule has 3 atom stereocenters. The van der Waals surface area contributed by atoms with Crippen LogP contribution in [0.15, 0.2) is 12.2 Å². The van der Waals surface area contributed by atoms with E-state index < -0.39 is 51.1 Å². The van der Waals surface area contributed by atoms with Crippen molar-refractivity contribution in [2.45, 2.75) is 251 Å². The van der Waals surface area contributed by atoms with Crippen molar-refractivity contribution in [3.8, 4) is 0 Å². The predicted octanol–water partition coefficient (Wildman–Crippen LogP) is 13.2. The minimum atomic E-state index is -4.72. The molecular formula is C47H90NO10P. The lowest BCUT2D eigenvalue weighted by Gasteiger charge is -2.20. The number of phosphoric ester groups is 1. The highest BCUT2D eigenvalue weighted by molar-refractivity contribution is 7.47. The molecule has 0 spiro atoms. The molecule has 0 saturated heterocycles. The summed E-state index contributed by atoms with van der Waals surface area (Å²) in [7, 11) is -4.72. The second kappa shape index (κ2) is 42.9. The molecule has 4 N–H and O–H groups in total. The first-order valence-corrected chi connectivity index (χ1v) is 25.7. The van der Waals surface area contributed by atoms with Gasteiger partial charge in [0, 0.05) is 12.8 Å². The number of hydrogen-bond acceptors (Lipinski definition) is 9. The Morgan fingerprint density at radius 2 is 0.847 bits per heavy atom. The quantitative estimate of drug-likeness (QED) is 0.0230. The van der Waals surface area contributed by atoms with E-state index in [0.717, 1.165) is 57.8 Å². The van der Waals surface area contributed by atoms with Gasteiger partial charge in [0.1, 0.15) is 12.6 Å². The van der Waals surface area contributed by atoms with Gasteiger partial charge in [-0.3, -0.25) is 23.4 Å². The summed E-state index contributed by atoms with van der Waals surface area (Å²) in [5, 5.41) is 8.90. The fraction of sp³-hybridized carbons (Fsp3) is 0.894. The zero-order chi connectivity index (χ0) is 43.5. The van der Waals surface area contributed by atoms with E-state index in [9.17, 15) is 23.8 Å². The van der Waals surface area contributed by atoms with Crippen molar-refractivity contribution in [1.29, 1.82) is 0 Å². The van der Waals surface area contributed by atoms with Crippen LogP contribution in [0.4, 0.5) is 0 Å². The topological polar surface area (TPSA) is 172 Å². The third-order valence-electron chi connectivity index (χ3n) is 10.8. The van der Waals surface area contributed by atoms with Crippen molar-refractivity contribution in [3.63, 3.8) is 0 Å². The maximum Gasteiger partial charge on any atom is 0.472 e. The van der Waals surface area contributed by atoms with Crippen LogP contribution in [-0.4, -0.2) is 59.9 Å². The van der Waals surface area contributed by atoms with E-state index in [1.807, 2.05) is 0 Å². The van der Waals surface area contributed by atoms with Gasteiger partial charge in [0.05, 0.1) is 13.2 Å². The average molecular weight is 860 g/mol. The van der Waals surface area contributed by atoms with Gasteiger partial charge in [-0.15, -0.1) is 0 Å².